The van der Waals surface area contributed by atoms with E-state index in [4.69, 9.17) is 11.6 Å². The molecule has 6 heteroatoms. The van der Waals surface area contributed by atoms with E-state index in [1.54, 1.807) is 36.4 Å². The van der Waals surface area contributed by atoms with Gasteiger partial charge in [-0.05, 0) is 48.4 Å². The van der Waals surface area contributed by atoms with Crippen molar-refractivity contribution in [2.24, 2.45) is 0 Å². The van der Waals surface area contributed by atoms with Crippen molar-refractivity contribution in [1.29, 1.82) is 0 Å². The zero-order valence-corrected chi connectivity index (χ0v) is 16.3. The lowest BCUT2D eigenvalue weighted by Gasteiger charge is -2.25. The zero-order chi connectivity index (χ0) is 20.3. The van der Waals surface area contributed by atoms with Crippen LogP contribution in [-0.4, -0.2) is 33.3 Å². The second kappa shape index (κ2) is 8.48. The maximum Gasteiger partial charge on any atom is 0.295 e. The van der Waals surface area contributed by atoms with Gasteiger partial charge in [-0.3, -0.25) is 9.59 Å². The molecule has 0 radical (unpaired) electrons. The topological polar surface area (TPSA) is 77.8 Å². The maximum absolute atomic E-state index is 12.8. The molecule has 1 aliphatic heterocycles. The molecule has 2 N–H and O–H groups in total. The SMILES string of the molecule is CCCCCN1C(=O)C(=O)/C(=C(\O)c2ccc(Cl)cc2)C1c1ccc(O)cc1. The van der Waals surface area contributed by atoms with Crippen molar-refractivity contribution in [3.05, 3.63) is 70.3 Å². The van der Waals surface area contributed by atoms with E-state index in [0.717, 1.165) is 19.3 Å². The van der Waals surface area contributed by atoms with Crippen LogP contribution < -0.4 is 0 Å². The molecule has 146 valence electrons. The third-order valence-electron chi connectivity index (χ3n) is 4.87. The lowest BCUT2D eigenvalue weighted by atomic mass is 9.95. The number of aliphatic hydroxyl groups is 1. The number of unbranched alkanes of at least 4 members (excludes halogenated alkanes) is 2. The molecule has 1 heterocycles. The van der Waals surface area contributed by atoms with Crippen LogP contribution in [0.25, 0.3) is 5.76 Å². The first-order valence-electron chi connectivity index (χ1n) is 9.27. The third kappa shape index (κ3) is 3.90. The van der Waals surface area contributed by atoms with Gasteiger partial charge < -0.3 is 15.1 Å². The number of Topliss-reactive ketones (excluding diaryl/α,β-unsaturated/α-hetero) is 1. The van der Waals surface area contributed by atoms with E-state index in [1.807, 2.05) is 0 Å². The number of hydrogen-bond acceptors (Lipinski definition) is 4. The molecule has 28 heavy (non-hydrogen) atoms. The molecule has 2 aromatic rings. The summed E-state index contributed by atoms with van der Waals surface area (Å²) in [6.45, 7) is 2.48. The summed E-state index contributed by atoms with van der Waals surface area (Å²) in [7, 11) is 0. The van der Waals surface area contributed by atoms with Crippen LogP contribution in [0.3, 0.4) is 0 Å². The second-order valence-corrected chi connectivity index (χ2v) is 7.23. The molecule has 0 saturated carbocycles. The minimum atomic E-state index is -0.706. The number of benzene rings is 2. The number of carbonyl (C=O) groups excluding carboxylic acids is 2. The number of halogens is 1. The van der Waals surface area contributed by atoms with Crippen LogP contribution in [0.4, 0.5) is 0 Å². The van der Waals surface area contributed by atoms with Crippen molar-refractivity contribution >= 4 is 29.1 Å². The Morgan fingerprint density at radius 3 is 2.29 bits per heavy atom. The number of phenolic OH excluding ortho intramolecular Hbond substituents is 1. The standard InChI is InChI=1S/C22H22ClNO4/c1-2-3-4-13-24-19(14-7-11-17(25)12-8-14)18(21(27)22(24)28)20(26)15-5-9-16(23)10-6-15/h5-12,19,25-26H,2-4,13H2,1H3/b20-18-. The monoisotopic (exact) mass is 399 g/mol. The quantitative estimate of drug-likeness (QED) is 0.320. The van der Waals surface area contributed by atoms with Crippen LogP contribution >= 0.6 is 11.6 Å². The van der Waals surface area contributed by atoms with Crippen molar-refractivity contribution in [2.75, 3.05) is 6.54 Å². The first-order chi connectivity index (χ1) is 13.4. The molecule has 0 aromatic heterocycles. The van der Waals surface area contributed by atoms with Gasteiger partial charge in [0.1, 0.15) is 11.5 Å². The molecule has 2 aromatic carbocycles. The van der Waals surface area contributed by atoms with Crippen LogP contribution in [0.2, 0.25) is 5.02 Å². The largest absolute Gasteiger partial charge is 0.508 e. The highest BCUT2D eigenvalue weighted by Gasteiger charge is 2.45. The Hall–Kier alpha value is -2.79. The predicted molar refractivity (Wildman–Crippen MR) is 108 cm³/mol. The molecule has 3 rings (SSSR count). The Labute approximate surface area is 168 Å². The molecular formula is C22H22ClNO4. The summed E-state index contributed by atoms with van der Waals surface area (Å²) in [4.78, 5) is 27.0. The molecule has 0 bridgehead atoms. The summed E-state index contributed by atoms with van der Waals surface area (Å²) in [5, 5.41) is 21.0. The molecule has 1 fully saturated rings. The van der Waals surface area contributed by atoms with Crippen molar-refractivity contribution < 1.29 is 19.8 Å². The minimum absolute atomic E-state index is 0.0505. The highest BCUT2D eigenvalue weighted by Crippen LogP contribution is 2.40. The molecule has 1 atom stereocenters. The fourth-order valence-electron chi connectivity index (χ4n) is 3.41. The van der Waals surface area contributed by atoms with Gasteiger partial charge in [-0.25, -0.2) is 0 Å². The summed E-state index contributed by atoms with van der Waals surface area (Å²) >= 11 is 5.91. The number of rotatable bonds is 6. The summed E-state index contributed by atoms with van der Waals surface area (Å²) in [5.41, 5.74) is 1.12. The van der Waals surface area contributed by atoms with E-state index in [1.165, 1.54) is 17.0 Å². The summed E-state index contributed by atoms with van der Waals surface area (Å²) in [5.74, 6) is -1.47. The average molecular weight is 400 g/mol. The summed E-state index contributed by atoms with van der Waals surface area (Å²) in [6, 6.07) is 12.1. The van der Waals surface area contributed by atoms with Crippen molar-refractivity contribution in [3.63, 3.8) is 0 Å². The van der Waals surface area contributed by atoms with Crippen molar-refractivity contribution in [2.45, 2.75) is 32.2 Å². The van der Waals surface area contributed by atoms with Gasteiger partial charge in [-0.1, -0.05) is 43.5 Å². The number of likely N-dealkylation sites (tertiary alicyclic amines) is 1. The van der Waals surface area contributed by atoms with E-state index < -0.39 is 17.7 Å². The first-order valence-corrected chi connectivity index (χ1v) is 9.65. The molecule has 1 unspecified atom stereocenters. The van der Waals surface area contributed by atoms with Gasteiger partial charge in [0.05, 0.1) is 11.6 Å². The zero-order valence-electron chi connectivity index (χ0n) is 15.6. The Morgan fingerprint density at radius 1 is 1.04 bits per heavy atom. The number of nitrogens with zero attached hydrogens (tertiary/aromatic N) is 1. The van der Waals surface area contributed by atoms with Crippen LogP contribution in [0.1, 0.15) is 43.4 Å². The van der Waals surface area contributed by atoms with Crippen LogP contribution in [0.5, 0.6) is 5.75 Å². The van der Waals surface area contributed by atoms with Crippen LogP contribution in [0, 0.1) is 0 Å². The predicted octanol–water partition coefficient (Wildman–Crippen LogP) is 4.66. The Balaban J connectivity index is 2.10. The van der Waals surface area contributed by atoms with Gasteiger partial charge in [0.15, 0.2) is 0 Å². The van der Waals surface area contributed by atoms with E-state index >= 15 is 0 Å². The van der Waals surface area contributed by atoms with E-state index in [0.29, 0.717) is 22.7 Å². The van der Waals surface area contributed by atoms with E-state index in [9.17, 15) is 19.8 Å². The minimum Gasteiger partial charge on any atom is -0.508 e. The normalized spacial score (nSPS) is 18.6. The number of amides is 1. The lowest BCUT2D eigenvalue weighted by Crippen LogP contribution is -2.30. The number of phenols is 1. The number of ketones is 1. The Kier molecular flexibility index (Phi) is 6.05. The number of aliphatic hydroxyl groups excluding tert-OH is 1. The van der Waals surface area contributed by atoms with E-state index in [-0.39, 0.29) is 17.1 Å². The number of aromatic hydroxyl groups is 1. The third-order valence-corrected chi connectivity index (χ3v) is 5.12. The first kappa shape index (κ1) is 20.0. The number of carbonyl (C=O) groups is 2. The van der Waals surface area contributed by atoms with Gasteiger partial charge in [0.25, 0.3) is 11.7 Å². The fourth-order valence-corrected chi connectivity index (χ4v) is 3.54. The molecule has 5 nitrogen and oxygen atoms in total. The second-order valence-electron chi connectivity index (χ2n) is 6.80. The molecule has 0 aliphatic carbocycles. The lowest BCUT2D eigenvalue weighted by molar-refractivity contribution is -0.139. The van der Waals surface area contributed by atoms with Gasteiger partial charge in [-0.15, -0.1) is 0 Å². The fraction of sp³-hybridized carbons (Fsp3) is 0.273. The highest BCUT2D eigenvalue weighted by molar-refractivity contribution is 6.46. The van der Waals surface area contributed by atoms with Gasteiger partial charge in [0, 0.05) is 17.1 Å². The Morgan fingerprint density at radius 2 is 1.68 bits per heavy atom. The van der Waals surface area contributed by atoms with Crippen LogP contribution in [0.15, 0.2) is 54.1 Å². The van der Waals surface area contributed by atoms with Gasteiger partial charge in [-0.2, -0.15) is 0 Å². The van der Waals surface area contributed by atoms with Gasteiger partial charge >= 0.3 is 0 Å². The van der Waals surface area contributed by atoms with Crippen molar-refractivity contribution in [1.82, 2.24) is 4.90 Å². The van der Waals surface area contributed by atoms with Crippen molar-refractivity contribution in [3.8, 4) is 5.75 Å². The molecular weight excluding hydrogens is 378 g/mol. The highest BCUT2D eigenvalue weighted by atomic mass is 35.5. The molecule has 0 spiro atoms. The molecule has 1 saturated heterocycles. The summed E-state index contributed by atoms with van der Waals surface area (Å²) < 4.78 is 0. The number of hydrogen-bond donors (Lipinski definition) is 2. The maximum atomic E-state index is 12.8. The van der Waals surface area contributed by atoms with E-state index in [2.05, 4.69) is 6.92 Å². The van der Waals surface area contributed by atoms with Gasteiger partial charge in [0.2, 0.25) is 0 Å². The Bertz CT molecular complexity index is 903. The molecule has 1 amide bonds. The average Bonchev–Trinajstić information content (AvgIpc) is 2.94. The van der Waals surface area contributed by atoms with Crippen LogP contribution in [-0.2, 0) is 9.59 Å². The summed E-state index contributed by atoms with van der Waals surface area (Å²) in [6.07, 6.45) is 2.68. The smallest absolute Gasteiger partial charge is 0.295 e. The molecule has 1 aliphatic rings.